The largest absolute Gasteiger partial charge is 0.487 e. The molecule has 12 heteroatoms. The molecule has 0 aromatic heterocycles. The van der Waals surface area contributed by atoms with Gasteiger partial charge in [-0.1, -0.05) is 24.3 Å². The Hall–Kier alpha value is -4.03. The van der Waals surface area contributed by atoms with Crippen molar-refractivity contribution >= 4 is 67.4 Å². The van der Waals surface area contributed by atoms with Crippen molar-refractivity contribution in [1.82, 2.24) is 10.2 Å². The average Bonchev–Trinajstić information content (AvgIpc) is 3.12. The van der Waals surface area contributed by atoms with Crippen molar-refractivity contribution < 1.29 is 33.4 Å². The van der Waals surface area contributed by atoms with Crippen molar-refractivity contribution in [1.29, 1.82) is 0 Å². The van der Waals surface area contributed by atoms with Gasteiger partial charge >= 0.3 is 12.0 Å². The lowest BCUT2D eigenvalue weighted by molar-refractivity contribution is -0.127. The van der Waals surface area contributed by atoms with Crippen LogP contribution < -0.4 is 15.4 Å². The molecule has 0 unspecified atom stereocenters. The highest BCUT2D eigenvalue weighted by molar-refractivity contribution is 9.11. The molecule has 0 aliphatic carbocycles. The molecule has 1 fully saturated rings. The van der Waals surface area contributed by atoms with Crippen LogP contribution in [0.3, 0.4) is 0 Å². The maximum atomic E-state index is 13.8. The number of anilines is 1. The van der Waals surface area contributed by atoms with E-state index in [9.17, 15) is 23.6 Å². The number of nitrogens with zero attached hydrogens (tertiary/aromatic N) is 1. The van der Waals surface area contributed by atoms with Gasteiger partial charge in [0.2, 0.25) is 5.91 Å². The Morgan fingerprint density at radius 2 is 1.71 bits per heavy atom. The number of aromatic carboxylic acids is 1. The smallest absolute Gasteiger partial charge is 0.335 e. The number of carbonyl (C=O) groups excluding carboxylic acids is 3. The second-order valence-corrected chi connectivity index (χ2v) is 9.72. The number of para-hydroxylation sites is 1. The quantitative estimate of drug-likeness (QED) is 0.229. The second kappa shape index (κ2) is 11.6. The van der Waals surface area contributed by atoms with E-state index in [-0.39, 0.29) is 23.6 Å². The molecule has 1 aliphatic rings. The Bertz CT molecular complexity index is 1450. The van der Waals surface area contributed by atoms with Gasteiger partial charge in [-0.25, -0.2) is 18.9 Å². The lowest BCUT2D eigenvalue weighted by Gasteiger charge is -2.12. The number of imide groups is 1. The summed E-state index contributed by atoms with van der Waals surface area (Å²) in [7, 11) is 0. The number of halogens is 3. The van der Waals surface area contributed by atoms with Gasteiger partial charge < -0.3 is 20.5 Å². The van der Waals surface area contributed by atoms with Crippen LogP contribution in [0.2, 0.25) is 0 Å². The zero-order chi connectivity index (χ0) is 27.4. The number of hydrogen-bond acceptors (Lipinski definition) is 5. The summed E-state index contributed by atoms with van der Waals surface area (Å²) in [6.45, 7) is -0.417. The third-order valence-corrected chi connectivity index (χ3v) is 6.51. The van der Waals surface area contributed by atoms with Gasteiger partial charge in [-0.2, -0.15) is 0 Å². The summed E-state index contributed by atoms with van der Waals surface area (Å²) in [5.74, 6) is -2.62. The van der Waals surface area contributed by atoms with Crippen molar-refractivity contribution in [3.8, 4) is 5.75 Å². The Kier molecular flexibility index (Phi) is 8.23. The minimum atomic E-state index is -1.02. The molecule has 4 rings (SSSR count). The molecule has 0 atom stereocenters. The predicted molar refractivity (Wildman–Crippen MR) is 143 cm³/mol. The molecule has 1 saturated heterocycles. The molecule has 3 aromatic rings. The fourth-order valence-electron chi connectivity index (χ4n) is 3.48. The van der Waals surface area contributed by atoms with E-state index < -0.39 is 36.2 Å². The van der Waals surface area contributed by atoms with E-state index in [0.29, 0.717) is 20.3 Å². The zero-order valence-corrected chi connectivity index (χ0v) is 22.5. The number of benzene rings is 3. The first-order valence-electron chi connectivity index (χ1n) is 11.0. The van der Waals surface area contributed by atoms with Gasteiger partial charge in [0.1, 0.15) is 30.4 Å². The Morgan fingerprint density at radius 1 is 1.05 bits per heavy atom. The number of carbonyl (C=O) groups is 4. The highest BCUT2D eigenvalue weighted by Gasteiger charge is 2.35. The molecule has 1 heterocycles. The molecule has 4 amide bonds. The zero-order valence-electron chi connectivity index (χ0n) is 19.3. The number of hydrogen-bond donors (Lipinski definition) is 3. The topological polar surface area (TPSA) is 125 Å². The highest BCUT2D eigenvalue weighted by atomic mass is 79.9. The minimum Gasteiger partial charge on any atom is -0.487 e. The van der Waals surface area contributed by atoms with Gasteiger partial charge in [-0.15, -0.1) is 0 Å². The first-order valence-corrected chi connectivity index (χ1v) is 12.5. The second-order valence-electron chi connectivity index (χ2n) is 8.01. The molecule has 9 nitrogen and oxygen atoms in total. The van der Waals surface area contributed by atoms with E-state index in [0.717, 1.165) is 10.5 Å². The number of rotatable bonds is 8. The Morgan fingerprint density at radius 3 is 2.34 bits per heavy atom. The monoisotopic (exact) mass is 645 g/mol. The fraction of sp³-hybridized carbons (Fsp3) is 0.0769. The van der Waals surface area contributed by atoms with Crippen molar-refractivity contribution in [2.24, 2.45) is 0 Å². The molecule has 3 N–H and O–H groups in total. The van der Waals surface area contributed by atoms with E-state index in [1.165, 1.54) is 36.4 Å². The lowest BCUT2D eigenvalue weighted by Crippen LogP contribution is -2.38. The molecule has 38 heavy (non-hydrogen) atoms. The van der Waals surface area contributed by atoms with Gasteiger partial charge in [0, 0.05) is 0 Å². The number of nitrogens with one attached hydrogen (secondary N) is 2. The van der Waals surface area contributed by atoms with E-state index in [2.05, 4.69) is 42.5 Å². The number of carboxylic acid groups (broad SMARTS) is 1. The summed E-state index contributed by atoms with van der Waals surface area (Å²) in [6, 6.07) is 14.4. The highest BCUT2D eigenvalue weighted by Crippen LogP contribution is 2.36. The molecule has 1 aliphatic heterocycles. The summed E-state index contributed by atoms with van der Waals surface area (Å²) < 4.78 is 20.7. The normalized spacial score (nSPS) is 14.0. The Labute approximate surface area is 232 Å². The van der Waals surface area contributed by atoms with Gasteiger partial charge in [0.15, 0.2) is 0 Å². The van der Waals surface area contributed by atoms with E-state index in [1.54, 1.807) is 30.3 Å². The molecule has 0 bridgehead atoms. The summed E-state index contributed by atoms with van der Waals surface area (Å²) in [5.41, 5.74) is 1.38. The van der Waals surface area contributed by atoms with Crippen LogP contribution in [-0.2, 0) is 16.2 Å². The molecular weight excluding hydrogens is 629 g/mol. The molecule has 0 spiro atoms. The van der Waals surface area contributed by atoms with Crippen molar-refractivity contribution in [2.45, 2.75) is 6.61 Å². The summed E-state index contributed by atoms with van der Waals surface area (Å²) in [5, 5.41) is 13.8. The summed E-state index contributed by atoms with van der Waals surface area (Å²) >= 11 is 6.86. The van der Waals surface area contributed by atoms with Crippen LogP contribution in [0.15, 0.2) is 75.3 Å². The molecular formula is C26H18Br2FN3O6. The number of amides is 4. The predicted octanol–water partition coefficient (Wildman–Crippen LogP) is 5.16. The Balaban J connectivity index is 1.43. The van der Waals surface area contributed by atoms with Gasteiger partial charge in [-0.3, -0.25) is 9.59 Å². The summed E-state index contributed by atoms with van der Waals surface area (Å²) in [6.07, 6.45) is 1.44. The molecule has 0 saturated carbocycles. The molecule has 0 radical (unpaired) electrons. The first kappa shape index (κ1) is 27.0. The number of ether oxygens (including phenoxy) is 1. The fourth-order valence-corrected chi connectivity index (χ4v) is 4.93. The van der Waals surface area contributed by atoms with E-state index in [1.807, 2.05) is 0 Å². The van der Waals surface area contributed by atoms with Crippen LogP contribution in [0.25, 0.3) is 6.08 Å². The standard InChI is InChI=1S/C26H18Br2FN3O6/c27-17-9-15(10-18(28)23(17)38-13-14-5-7-16(8-6-14)25(35)36)11-21-24(34)32(26(37)31-21)12-22(33)30-20-4-2-1-3-19(20)29/h1-11H,12-13H2,(H,30,33)(H,31,37)(H,35,36)/b21-11+. The SMILES string of the molecule is O=C(CN1C(=O)N/C(=C/c2cc(Br)c(OCc3ccc(C(=O)O)cc3)c(Br)c2)C1=O)Nc1ccccc1F. The van der Waals surface area contributed by atoms with Crippen molar-refractivity contribution in [3.05, 3.63) is 97.8 Å². The van der Waals surface area contributed by atoms with Crippen LogP contribution in [0.4, 0.5) is 14.9 Å². The summed E-state index contributed by atoms with van der Waals surface area (Å²) in [4.78, 5) is 49.1. The number of urea groups is 1. The van der Waals surface area contributed by atoms with Crippen LogP contribution in [-0.4, -0.2) is 40.4 Å². The van der Waals surface area contributed by atoms with Crippen molar-refractivity contribution in [3.63, 3.8) is 0 Å². The van der Waals surface area contributed by atoms with Crippen LogP contribution in [0, 0.1) is 5.82 Å². The first-order chi connectivity index (χ1) is 18.1. The van der Waals surface area contributed by atoms with E-state index in [4.69, 9.17) is 9.84 Å². The van der Waals surface area contributed by atoms with E-state index >= 15 is 0 Å². The van der Waals surface area contributed by atoms with Gasteiger partial charge in [0.25, 0.3) is 5.91 Å². The van der Waals surface area contributed by atoms with Crippen LogP contribution >= 0.6 is 31.9 Å². The average molecular weight is 647 g/mol. The minimum absolute atomic E-state index is 0.0420. The lowest BCUT2D eigenvalue weighted by atomic mass is 10.1. The molecule has 3 aromatic carbocycles. The maximum Gasteiger partial charge on any atom is 0.335 e. The third kappa shape index (κ3) is 6.26. The van der Waals surface area contributed by atoms with Gasteiger partial charge in [0.05, 0.1) is 20.2 Å². The third-order valence-electron chi connectivity index (χ3n) is 5.33. The maximum absolute atomic E-state index is 13.8. The number of carboxylic acids is 1. The van der Waals surface area contributed by atoms with Gasteiger partial charge in [-0.05, 0) is 85.5 Å². The van der Waals surface area contributed by atoms with Crippen LogP contribution in [0.5, 0.6) is 5.75 Å². The van der Waals surface area contributed by atoms with Crippen LogP contribution in [0.1, 0.15) is 21.5 Å². The molecule has 194 valence electrons. The van der Waals surface area contributed by atoms with Crippen molar-refractivity contribution in [2.75, 3.05) is 11.9 Å².